The molecule has 0 radical (unpaired) electrons. The van der Waals surface area contributed by atoms with E-state index < -0.39 is 0 Å². The first-order valence-electron chi connectivity index (χ1n) is 6.62. The topological polar surface area (TPSA) is 69.2 Å². The third-order valence-electron chi connectivity index (χ3n) is 3.95. The Hall–Kier alpha value is -1.13. The standard InChI is InChI=1S/C14H19ClN2O2/c1-10-4-3-7-14(16,8-10)9-11-12(15)5-2-6-13(11)17(18)19/h2,5-6,10H,3-4,7-9,16H2,1H3. The molecule has 0 spiro atoms. The normalized spacial score (nSPS) is 27.2. The van der Waals surface area contributed by atoms with Crippen molar-refractivity contribution in [1.29, 1.82) is 0 Å². The lowest BCUT2D eigenvalue weighted by Crippen LogP contribution is -2.46. The van der Waals surface area contributed by atoms with Gasteiger partial charge in [-0.3, -0.25) is 10.1 Å². The van der Waals surface area contributed by atoms with Crippen molar-refractivity contribution >= 4 is 17.3 Å². The molecule has 0 bridgehead atoms. The fourth-order valence-electron chi connectivity index (χ4n) is 3.11. The van der Waals surface area contributed by atoms with Crippen LogP contribution in [0.1, 0.15) is 38.2 Å². The van der Waals surface area contributed by atoms with E-state index in [1.165, 1.54) is 12.5 Å². The number of nitro groups is 1. The van der Waals surface area contributed by atoms with Crippen LogP contribution in [0.3, 0.4) is 0 Å². The summed E-state index contributed by atoms with van der Waals surface area (Å²) in [6.45, 7) is 2.18. The monoisotopic (exact) mass is 282 g/mol. The van der Waals surface area contributed by atoms with Gasteiger partial charge in [0.2, 0.25) is 0 Å². The summed E-state index contributed by atoms with van der Waals surface area (Å²) in [5.74, 6) is 0.570. The van der Waals surface area contributed by atoms with Gasteiger partial charge in [0.25, 0.3) is 5.69 Å². The summed E-state index contributed by atoms with van der Waals surface area (Å²) in [6.07, 6.45) is 4.54. The molecule has 0 heterocycles. The Kier molecular flexibility index (Phi) is 4.11. The smallest absolute Gasteiger partial charge is 0.274 e. The lowest BCUT2D eigenvalue weighted by Gasteiger charge is -2.37. The van der Waals surface area contributed by atoms with Crippen LogP contribution in [0.2, 0.25) is 5.02 Å². The van der Waals surface area contributed by atoms with Crippen molar-refractivity contribution in [2.75, 3.05) is 0 Å². The second kappa shape index (κ2) is 5.47. The molecular weight excluding hydrogens is 264 g/mol. The quantitative estimate of drug-likeness (QED) is 0.679. The molecule has 1 fully saturated rings. The first-order chi connectivity index (χ1) is 8.91. The van der Waals surface area contributed by atoms with Crippen molar-refractivity contribution < 1.29 is 4.92 Å². The first-order valence-corrected chi connectivity index (χ1v) is 7.00. The number of nitrogens with two attached hydrogens (primary N) is 1. The fourth-order valence-corrected chi connectivity index (χ4v) is 3.34. The minimum Gasteiger partial charge on any atom is -0.325 e. The van der Waals surface area contributed by atoms with Gasteiger partial charge in [-0.15, -0.1) is 0 Å². The van der Waals surface area contributed by atoms with E-state index in [1.54, 1.807) is 12.1 Å². The predicted octanol–water partition coefficient (Wildman–Crippen LogP) is 3.70. The molecule has 0 saturated heterocycles. The Labute approximate surface area is 118 Å². The molecule has 1 aliphatic rings. The molecule has 5 heteroatoms. The zero-order valence-electron chi connectivity index (χ0n) is 11.1. The number of nitrogens with zero attached hydrogens (tertiary/aromatic N) is 1. The second-order valence-electron chi connectivity index (χ2n) is 5.74. The minimum absolute atomic E-state index is 0.0792. The van der Waals surface area contributed by atoms with E-state index in [2.05, 4.69) is 6.92 Å². The number of benzene rings is 1. The predicted molar refractivity (Wildman–Crippen MR) is 76.4 cm³/mol. The van der Waals surface area contributed by atoms with Gasteiger partial charge >= 0.3 is 0 Å². The van der Waals surface area contributed by atoms with Crippen LogP contribution in [0.25, 0.3) is 0 Å². The van der Waals surface area contributed by atoms with Crippen LogP contribution in [0.4, 0.5) is 5.69 Å². The molecule has 0 amide bonds. The molecule has 1 aromatic carbocycles. The van der Waals surface area contributed by atoms with Gasteiger partial charge < -0.3 is 5.73 Å². The summed E-state index contributed by atoms with van der Waals surface area (Å²) in [7, 11) is 0. The first kappa shape index (κ1) is 14.3. The van der Waals surface area contributed by atoms with Crippen molar-refractivity contribution in [3.8, 4) is 0 Å². The largest absolute Gasteiger partial charge is 0.325 e. The van der Waals surface area contributed by atoms with Gasteiger partial charge in [0.15, 0.2) is 0 Å². The minimum atomic E-state index is -0.378. The molecule has 4 nitrogen and oxygen atoms in total. The molecule has 1 aromatic rings. The van der Waals surface area contributed by atoms with E-state index in [0.29, 0.717) is 22.9 Å². The van der Waals surface area contributed by atoms with Gasteiger partial charge in [-0.1, -0.05) is 37.4 Å². The molecule has 2 unspecified atom stereocenters. The lowest BCUT2D eigenvalue weighted by molar-refractivity contribution is -0.385. The van der Waals surface area contributed by atoms with Crippen LogP contribution >= 0.6 is 11.6 Å². The molecule has 2 N–H and O–H groups in total. The third-order valence-corrected chi connectivity index (χ3v) is 4.30. The molecule has 0 aliphatic heterocycles. The van der Waals surface area contributed by atoms with Gasteiger partial charge in [0.05, 0.1) is 15.5 Å². The summed E-state index contributed by atoms with van der Waals surface area (Å²) < 4.78 is 0. The Balaban J connectivity index is 2.30. The number of nitro benzene ring substituents is 1. The third kappa shape index (κ3) is 3.25. The Morgan fingerprint density at radius 1 is 1.58 bits per heavy atom. The number of halogens is 1. The van der Waals surface area contributed by atoms with E-state index in [1.807, 2.05) is 0 Å². The Morgan fingerprint density at radius 2 is 2.32 bits per heavy atom. The van der Waals surface area contributed by atoms with Crippen LogP contribution < -0.4 is 5.73 Å². The summed E-state index contributed by atoms with van der Waals surface area (Å²) in [5.41, 5.74) is 6.72. The van der Waals surface area contributed by atoms with Crippen LogP contribution in [-0.2, 0) is 6.42 Å². The van der Waals surface area contributed by atoms with E-state index in [0.717, 1.165) is 19.3 Å². The maximum absolute atomic E-state index is 11.1. The highest BCUT2D eigenvalue weighted by Gasteiger charge is 2.34. The van der Waals surface area contributed by atoms with Crippen LogP contribution in [0.15, 0.2) is 18.2 Å². The number of hydrogen-bond acceptors (Lipinski definition) is 3. The molecule has 104 valence electrons. The average molecular weight is 283 g/mol. The fraction of sp³-hybridized carbons (Fsp3) is 0.571. The summed E-state index contributed by atoms with van der Waals surface area (Å²) >= 11 is 6.13. The van der Waals surface area contributed by atoms with Crippen molar-refractivity contribution in [1.82, 2.24) is 0 Å². The molecule has 1 aliphatic carbocycles. The van der Waals surface area contributed by atoms with Crippen LogP contribution in [0.5, 0.6) is 0 Å². The summed E-state index contributed by atoms with van der Waals surface area (Å²) in [5, 5.41) is 11.5. The van der Waals surface area contributed by atoms with Gasteiger partial charge in [-0.25, -0.2) is 0 Å². The summed E-state index contributed by atoms with van der Waals surface area (Å²) in [4.78, 5) is 10.7. The van der Waals surface area contributed by atoms with Gasteiger partial charge in [-0.2, -0.15) is 0 Å². The molecule has 0 aromatic heterocycles. The highest BCUT2D eigenvalue weighted by molar-refractivity contribution is 6.31. The molecule has 1 saturated carbocycles. The summed E-state index contributed by atoms with van der Waals surface area (Å²) in [6, 6.07) is 4.80. The maximum Gasteiger partial charge on any atom is 0.274 e. The van der Waals surface area contributed by atoms with Crippen molar-refractivity contribution in [2.24, 2.45) is 11.7 Å². The van der Waals surface area contributed by atoms with Crippen molar-refractivity contribution in [2.45, 2.75) is 44.6 Å². The number of rotatable bonds is 3. The Bertz CT molecular complexity index is 492. The molecular formula is C14H19ClN2O2. The van der Waals surface area contributed by atoms with Crippen LogP contribution in [-0.4, -0.2) is 10.5 Å². The van der Waals surface area contributed by atoms with E-state index >= 15 is 0 Å². The highest BCUT2D eigenvalue weighted by Crippen LogP contribution is 2.37. The molecule has 2 rings (SSSR count). The van der Waals surface area contributed by atoms with Crippen molar-refractivity contribution in [3.05, 3.63) is 38.9 Å². The van der Waals surface area contributed by atoms with E-state index in [-0.39, 0.29) is 16.1 Å². The van der Waals surface area contributed by atoms with E-state index in [9.17, 15) is 10.1 Å². The van der Waals surface area contributed by atoms with Gasteiger partial charge in [-0.05, 0) is 31.2 Å². The lowest BCUT2D eigenvalue weighted by atomic mass is 9.74. The van der Waals surface area contributed by atoms with Gasteiger partial charge in [0, 0.05) is 11.6 Å². The van der Waals surface area contributed by atoms with Gasteiger partial charge in [0.1, 0.15) is 0 Å². The van der Waals surface area contributed by atoms with E-state index in [4.69, 9.17) is 17.3 Å². The van der Waals surface area contributed by atoms with Crippen molar-refractivity contribution in [3.63, 3.8) is 0 Å². The zero-order valence-corrected chi connectivity index (χ0v) is 11.8. The highest BCUT2D eigenvalue weighted by atomic mass is 35.5. The SMILES string of the molecule is CC1CCCC(N)(Cc2c(Cl)cccc2[N+](=O)[O-])C1. The average Bonchev–Trinajstić information content (AvgIpc) is 2.30. The second-order valence-corrected chi connectivity index (χ2v) is 6.14. The number of hydrogen-bond donors (Lipinski definition) is 1. The maximum atomic E-state index is 11.1. The Morgan fingerprint density at radius 3 is 2.95 bits per heavy atom. The zero-order chi connectivity index (χ0) is 14.0. The van der Waals surface area contributed by atoms with Crippen LogP contribution in [0, 0.1) is 16.0 Å². The molecule has 2 atom stereocenters. The molecule has 19 heavy (non-hydrogen) atoms.